The van der Waals surface area contributed by atoms with Crippen molar-refractivity contribution in [3.05, 3.63) is 42.5 Å². The van der Waals surface area contributed by atoms with Crippen LogP contribution in [0.5, 0.6) is 0 Å². The van der Waals surface area contributed by atoms with Gasteiger partial charge in [0.25, 0.3) is 5.91 Å². The van der Waals surface area contributed by atoms with Crippen LogP contribution in [0.15, 0.2) is 46.2 Å². The van der Waals surface area contributed by atoms with E-state index in [2.05, 4.69) is 10.9 Å². The van der Waals surface area contributed by atoms with Crippen LogP contribution in [0, 0.1) is 6.92 Å². The molecule has 1 aromatic carbocycles. The Morgan fingerprint density at radius 3 is 2.38 bits per heavy atom. The van der Waals surface area contributed by atoms with Crippen LogP contribution in [-0.2, 0) is 19.3 Å². The number of carbonyl (C=O) groups is 2. The van der Waals surface area contributed by atoms with E-state index in [-0.39, 0.29) is 18.2 Å². The molecule has 0 aliphatic rings. The zero-order valence-corrected chi connectivity index (χ0v) is 13.4. The standard InChI is InChI=1S/C15H20N2O3S/c1-5-15(19)17(4)11-14(18)16-21(20,6-2)13-9-7-12(3)8-10-13/h5,7-10H,1,6,11H2,2-4H3. The Morgan fingerprint density at radius 1 is 1.33 bits per heavy atom. The SMILES string of the molecule is C=CC(=O)N(C)CC(=O)N=S(=O)(CC)c1ccc(C)cc1. The average Bonchev–Trinajstić information content (AvgIpc) is 2.46. The van der Waals surface area contributed by atoms with Gasteiger partial charge in [0.2, 0.25) is 5.91 Å². The molecule has 1 aromatic rings. The van der Waals surface area contributed by atoms with Gasteiger partial charge in [-0.05, 0) is 25.1 Å². The summed E-state index contributed by atoms with van der Waals surface area (Å²) in [7, 11) is -1.32. The minimum Gasteiger partial charge on any atom is -0.333 e. The van der Waals surface area contributed by atoms with Crippen molar-refractivity contribution in [2.24, 2.45) is 4.36 Å². The van der Waals surface area contributed by atoms with Gasteiger partial charge in [-0.15, -0.1) is 0 Å². The Balaban J connectivity index is 3.05. The van der Waals surface area contributed by atoms with E-state index in [0.717, 1.165) is 11.6 Å². The van der Waals surface area contributed by atoms with Crippen LogP contribution in [0.25, 0.3) is 0 Å². The van der Waals surface area contributed by atoms with Crippen molar-refractivity contribution in [1.82, 2.24) is 4.90 Å². The van der Waals surface area contributed by atoms with Crippen molar-refractivity contribution in [2.75, 3.05) is 19.3 Å². The van der Waals surface area contributed by atoms with E-state index in [1.807, 2.05) is 19.1 Å². The van der Waals surface area contributed by atoms with Crippen LogP contribution in [0.3, 0.4) is 0 Å². The molecule has 0 saturated carbocycles. The van der Waals surface area contributed by atoms with Gasteiger partial charge in [-0.3, -0.25) is 9.59 Å². The molecule has 2 amide bonds. The molecule has 1 atom stereocenters. The van der Waals surface area contributed by atoms with Crippen molar-refractivity contribution in [1.29, 1.82) is 0 Å². The lowest BCUT2D eigenvalue weighted by Crippen LogP contribution is -2.30. The first-order valence-corrected chi connectivity index (χ1v) is 8.22. The molecule has 0 radical (unpaired) electrons. The summed E-state index contributed by atoms with van der Waals surface area (Å²) in [6.45, 7) is 6.78. The van der Waals surface area contributed by atoms with Crippen molar-refractivity contribution in [3.8, 4) is 0 Å². The third kappa shape index (κ3) is 4.53. The summed E-state index contributed by atoms with van der Waals surface area (Å²) < 4.78 is 16.6. The van der Waals surface area contributed by atoms with Gasteiger partial charge in [0.15, 0.2) is 0 Å². The van der Waals surface area contributed by atoms with E-state index in [1.54, 1.807) is 19.1 Å². The lowest BCUT2D eigenvalue weighted by molar-refractivity contribution is -0.129. The van der Waals surface area contributed by atoms with Crippen molar-refractivity contribution < 1.29 is 13.8 Å². The molecule has 114 valence electrons. The second-order valence-electron chi connectivity index (χ2n) is 4.63. The maximum absolute atomic E-state index is 12.8. The minimum atomic E-state index is -2.79. The Bertz CT molecular complexity index is 656. The minimum absolute atomic E-state index is 0.215. The molecule has 0 aliphatic carbocycles. The molecule has 0 bridgehead atoms. The first-order valence-electron chi connectivity index (χ1n) is 6.54. The number of hydrogen-bond donors (Lipinski definition) is 0. The molecule has 5 nitrogen and oxygen atoms in total. The van der Waals surface area contributed by atoms with Gasteiger partial charge in [0.05, 0.1) is 9.73 Å². The van der Waals surface area contributed by atoms with Gasteiger partial charge >= 0.3 is 0 Å². The Morgan fingerprint density at radius 2 is 1.90 bits per heavy atom. The average molecular weight is 308 g/mol. The molecule has 0 saturated heterocycles. The van der Waals surface area contributed by atoms with E-state index in [1.165, 1.54) is 11.9 Å². The molecule has 6 heteroatoms. The lowest BCUT2D eigenvalue weighted by Gasteiger charge is -2.13. The first-order chi connectivity index (χ1) is 9.82. The van der Waals surface area contributed by atoms with Gasteiger partial charge < -0.3 is 4.90 Å². The highest BCUT2D eigenvalue weighted by molar-refractivity contribution is 7.93. The van der Waals surface area contributed by atoms with Crippen LogP contribution in [-0.4, -0.2) is 40.3 Å². The molecular weight excluding hydrogens is 288 g/mol. The molecule has 0 heterocycles. The Hall–Kier alpha value is -1.95. The van der Waals surface area contributed by atoms with Gasteiger partial charge in [0, 0.05) is 17.7 Å². The molecular formula is C15H20N2O3S. The third-order valence-corrected chi connectivity index (χ3v) is 5.24. The second kappa shape index (κ2) is 7.17. The quantitative estimate of drug-likeness (QED) is 0.782. The fourth-order valence-corrected chi connectivity index (χ4v) is 3.18. The topological polar surface area (TPSA) is 66.8 Å². The molecule has 1 rings (SSSR count). The largest absolute Gasteiger partial charge is 0.333 e. The van der Waals surface area contributed by atoms with E-state index in [9.17, 15) is 13.8 Å². The summed E-state index contributed by atoms with van der Waals surface area (Å²) >= 11 is 0. The fourth-order valence-electron chi connectivity index (χ4n) is 1.66. The smallest absolute Gasteiger partial charge is 0.273 e. The number of benzene rings is 1. The van der Waals surface area contributed by atoms with Crippen LogP contribution >= 0.6 is 0 Å². The molecule has 0 spiro atoms. The van der Waals surface area contributed by atoms with Crippen molar-refractivity contribution in [3.63, 3.8) is 0 Å². The number of likely N-dealkylation sites (N-methyl/N-ethyl adjacent to an activating group) is 1. The molecule has 0 fully saturated rings. The summed E-state index contributed by atoms with van der Waals surface area (Å²) in [5.41, 5.74) is 1.04. The zero-order valence-electron chi connectivity index (χ0n) is 12.5. The zero-order chi connectivity index (χ0) is 16.0. The fraction of sp³-hybridized carbons (Fsp3) is 0.333. The van der Waals surface area contributed by atoms with E-state index >= 15 is 0 Å². The maximum Gasteiger partial charge on any atom is 0.273 e. The summed E-state index contributed by atoms with van der Waals surface area (Å²) in [5.74, 6) is -0.724. The maximum atomic E-state index is 12.8. The molecule has 21 heavy (non-hydrogen) atoms. The van der Waals surface area contributed by atoms with Crippen LogP contribution < -0.4 is 0 Å². The lowest BCUT2D eigenvalue weighted by atomic mass is 10.2. The number of carbonyl (C=O) groups excluding carboxylic acids is 2. The Kier molecular flexibility index (Phi) is 5.84. The number of amides is 2. The summed E-state index contributed by atoms with van der Waals surface area (Å²) in [6, 6.07) is 7.10. The predicted octanol–water partition coefficient (Wildman–Crippen LogP) is 2.01. The highest BCUT2D eigenvalue weighted by Crippen LogP contribution is 2.15. The number of aryl methyl sites for hydroxylation is 1. The molecule has 0 aliphatic heterocycles. The van der Waals surface area contributed by atoms with E-state index in [4.69, 9.17) is 0 Å². The van der Waals surface area contributed by atoms with Gasteiger partial charge in [-0.1, -0.05) is 31.2 Å². The summed E-state index contributed by atoms with van der Waals surface area (Å²) in [5, 5.41) is 0. The third-order valence-electron chi connectivity index (χ3n) is 2.95. The van der Waals surface area contributed by atoms with Crippen LogP contribution in [0.4, 0.5) is 0 Å². The number of hydrogen-bond acceptors (Lipinski definition) is 3. The second-order valence-corrected chi connectivity index (χ2v) is 7.14. The molecule has 0 aromatic heterocycles. The van der Waals surface area contributed by atoms with Crippen LogP contribution in [0.2, 0.25) is 0 Å². The highest BCUT2D eigenvalue weighted by atomic mass is 32.2. The summed E-state index contributed by atoms with van der Waals surface area (Å²) in [6.07, 6.45) is 1.12. The summed E-state index contributed by atoms with van der Waals surface area (Å²) in [4.78, 5) is 25.0. The highest BCUT2D eigenvalue weighted by Gasteiger charge is 2.15. The van der Waals surface area contributed by atoms with Gasteiger partial charge in [0.1, 0.15) is 6.54 Å². The normalized spacial score (nSPS) is 13.1. The van der Waals surface area contributed by atoms with Crippen LogP contribution in [0.1, 0.15) is 12.5 Å². The predicted molar refractivity (Wildman–Crippen MR) is 83.4 cm³/mol. The first kappa shape index (κ1) is 17.1. The van der Waals surface area contributed by atoms with Crippen molar-refractivity contribution in [2.45, 2.75) is 18.7 Å². The monoisotopic (exact) mass is 308 g/mol. The van der Waals surface area contributed by atoms with Crippen molar-refractivity contribution >= 4 is 21.5 Å². The molecule has 1 unspecified atom stereocenters. The van der Waals surface area contributed by atoms with Gasteiger partial charge in [-0.25, -0.2) is 4.21 Å². The van der Waals surface area contributed by atoms with E-state index in [0.29, 0.717) is 4.90 Å². The molecule has 0 N–H and O–H groups in total. The van der Waals surface area contributed by atoms with E-state index < -0.39 is 15.6 Å². The number of nitrogens with zero attached hydrogens (tertiary/aromatic N) is 2. The number of rotatable bonds is 5. The Labute approximate surface area is 125 Å². The van der Waals surface area contributed by atoms with Gasteiger partial charge in [-0.2, -0.15) is 4.36 Å².